The fourth-order valence-electron chi connectivity index (χ4n) is 4.33. The number of amides is 2. The van der Waals surface area contributed by atoms with Crippen LogP contribution in [0.2, 0.25) is 0 Å². The third-order valence-electron chi connectivity index (χ3n) is 6.91. The number of hydrogen-bond acceptors (Lipinski definition) is 6. The highest BCUT2D eigenvalue weighted by Gasteiger charge is 2.05. The average Bonchev–Trinajstić information content (AvgIpc) is 3.05. The van der Waals surface area contributed by atoms with Crippen LogP contribution in [-0.4, -0.2) is 31.4 Å². The Morgan fingerprint density at radius 3 is 1.22 bits per heavy atom. The molecule has 232 valence electrons. The highest BCUT2D eigenvalue weighted by atomic mass is 16.6. The van der Waals surface area contributed by atoms with Gasteiger partial charge in [0.25, 0.3) is 0 Å². The van der Waals surface area contributed by atoms with Crippen LogP contribution in [0, 0.1) is 0 Å². The number of nitrogens with one attached hydrogen (secondary N) is 2. The molecule has 0 radical (unpaired) electrons. The van der Waals surface area contributed by atoms with Crippen molar-refractivity contribution < 1.29 is 19.1 Å². The Morgan fingerprint density at radius 1 is 0.556 bits per heavy atom. The molecule has 45 heavy (non-hydrogen) atoms. The summed E-state index contributed by atoms with van der Waals surface area (Å²) in [5.41, 5.74) is 7.53. The van der Waals surface area contributed by atoms with Crippen LogP contribution in [-0.2, 0) is 22.3 Å². The molecule has 0 saturated heterocycles. The van der Waals surface area contributed by atoms with Crippen molar-refractivity contribution in [3.8, 4) is 0 Å². The van der Waals surface area contributed by atoms with Gasteiger partial charge in [-0.3, -0.25) is 10.6 Å². The summed E-state index contributed by atoms with van der Waals surface area (Å²) in [4.78, 5) is 32.3. The molecule has 0 aliphatic heterocycles. The second-order valence-corrected chi connectivity index (χ2v) is 10.6. The molecule has 2 amide bonds. The predicted molar refractivity (Wildman–Crippen MR) is 180 cm³/mol. The van der Waals surface area contributed by atoms with Crippen molar-refractivity contribution >= 4 is 40.9 Å². The maximum atomic E-state index is 11.8. The van der Waals surface area contributed by atoms with Gasteiger partial charge in [-0.2, -0.15) is 9.98 Å². The normalized spacial score (nSPS) is 10.4. The molecule has 8 heteroatoms. The molecule has 2 N–H and O–H groups in total. The molecule has 8 nitrogen and oxygen atoms in total. The summed E-state index contributed by atoms with van der Waals surface area (Å²) >= 11 is 0. The van der Waals surface area contributed by atoms with E-state index >= 15 is 0 Å². The summed E-state index contributed by atoms with van der Waals surface area (Å²) in [5.74, 6) is 0. The van der Waals surface area contributed by atoms with Crippen molar-refractivity contribution in [1.29, 1.82) is 0 Å². The van der Waals surface area contributed by atoms with Gasteiger partial charge in [-0.1, -0.05) is 75.2 Å². The Balaban J connectivity index is 1.23. The monoisotopic (exact) mass is 604 g/mol. The van der Waals surface area contributed by atoms with E-state index in [1.807, 2.05) is 97.1 Å². The Bertz CT molecular complexity index is 1440. The van der Waals surface area contributed by atoms with Gasteiger partial charge in [0.1, 0.15) is 6.01 Å². The van der Waals surface area contributed by atoms with Crippen LogP contribution in [0.5, 0.6) is 0 Å². The standard InChI is InChI=1S/C37H40N4O4/c1-3-5-23-44-36(42)40-34-19-11-30(12-20-34)25-28-7-15-32(16-8-28)38-27-39-33-17-9-29(10-18-33)26-31-13-21-35(22-14-31)41-37(43)45-24-6-4-2/h7-22H,3-6,23-26H2,1-2H3,(H,40,42)(H,41,43). The van der Waals surface area contributed by atoms with Gasteiger partial charge in [0.05, 0.1) is 24.6 Å². The SMILES string of the molecule is CCCCOC(=O)Nc1ccc(Cc2ccc(N=C=Nc3ccc(Cc4ccc(NC(=O)OCCCC)cc4)cc3)cc2)cc1. The van der Waals surface area contributed by atoms with Crippen molar-refractivity contribution in [1.82, 2.24) is 0 Å². The molecule has 0 fully saturated rings. The van der Waals surface area contributed by atoms with E-state index in [1.165, 1.54) is 0 Å². The number of benzene rings is 4. The molecule has 0 heterocycles. The maximum Gasteiger partial charge on any atom is 0.411 e. The van der Waals surface area contributed by atoms with Gasteiger partial charge in [-0.15, -0.1) is 0 Å². The predicted octanol–water partition coefficient (Wildman–Crippen LogP) is 9.70. The molecule has 0 atom stereocenters. The molecule has 0 spiro atoms. The fraction of sp³-hybridized carbons (Fsp3) is 0.270. The summed E-state index contributed by atoms with van der Waals surface area (Å²) in [6.45, 7) is 4.96. The van der Waals surface area contributed by atoms with Crippen LogP contribution in [0.1, 0.15) is 61.8 Å². The molecular weight excluding hydrogens is 564 g/mol. The fourth-order valence-corrected chi connectivity index (χ4v) is 4.33. The molecule has 0 bridgehead atoms. The first-order valence-electron chi connectivity index (χ1n) is 15.4. The average molecular weight is 605 g/mol. The number of hydrogen-bond donors (Lipinski definition) is 2. The van der Waals surface area contributed by atoms with Gasteiger partial charge >= 0.3 is 12.2 Å². The highest BCUT2D eigenvalue weighted by Crippen LogP contribution is 2.19. The number of ether oxygens (including phenoxy) is 2. The second kappa shape index (κ2) is 17.8. The van der Waals surface area contributed by atoms with Crippen molar-refractivity contribution in [2.75, 3.05) is 23.8 Å². The van der Waals surface area contributed by atoms with Crippen LogP contribution < -0.4 is 10.6 Å². The number of carbonyl (C=O) groups is 2. The lowest BCUT2D eigenvalue weighted by atomic mass is 10.0. The van der Waals surface area contributed by atoms with E-state index in [-0.39, 0.29) is 0 Å². The maximum absolute atomic E-state index is 11.8. The number of nitrogens with zero attached hydrogens (tertiary/aromatic N) is 2. The molecule has 0 saturated carbocycles. The van der Waals surface area contributed by atoms with Crippen LogP contribution in [0.25, 0.3) is 0 Å². The van der Waals surface area contributed by atoms with E-state index in [0.29, 0.717) is 24.6 Å². The lowest BCUT2D eigenvalue weighted by Crippen LogP contribution is -2.14. The number of carbonyl (C=O) groups excluding carboxylic acids is 2. The van der Waals surface area contributed by atoms with E-state index < -0.39 is 12.2 Å². The molecule has 0 aromatic heterocycles. The zero-order valence-corrected chi connectivity index (χ0v) is 25.9. The van der Waals surface area contributed by atoms with Crippen LogP contribution in [0.15, 0.2) is 107 Å². The Hall–Kier alpha value is -5.20. The molecule has 0 aliphatic rings. The summed E-state index contributed by atoms with van der Waals surface area (Å²) < 4.78 is 10.3. The van der Waals surface area contributed by atoms with Crippen LogP contribution in [0.3, 0.4) is 0 Å². The Morgan fingerprint density at radius 2 is 0.889 bits per heavy atom. The first kappa shape index (κ1) is 32.7. The van der Waals surface area contributed by atoms with Gasteiger partial charge in [-0.05, 0) is 96.5 Å². The smallest absolute Gasteiger partial charge is 0.411 e. The molecule has 4 aromatic rings. The Labute approximate surface area is 265 Å². The van der Waals surface area contributed by atoms with Gasteiger partial charge in [0.15, 0.2) is 0 Å². The van der Waals surface area contributed by atoms with Crippen molar-refractivity contribution in [3.05, 3.63) is 119 Å². The van der Waals surface area contributed by atoms with Gasteiger partial charge in [-0.25, -0.2) is 9.59 Å². The quantitative estimate of drug-likeness (QED) is 0.110. The van der Waals surface area contributed by atoms with Gasteiger partial charge in [0.2, 0.25) is 0 Å². The van der Waals surface area contributed by atoms with Crippen molar-refractivity contribution in [3.63, 3.8) is 0 Å². The third-order valence-corrected chi connectivity index (χ3v) is 6.91. The molecule has 0 aliphatic carbocycles. The molecule has 4 rings (SSSR count). The minimum atomic E-state index is -0.427. The number of aliphatic imine (C=N–C) groups is 2. The van der Waals surface area contributed by atoms with Crippen molar-refractivity contribution in [2.45, 2.75) is 52.4 Å². The minimum absolute atomic E-state index is 0.427. The third kappa shape index (κ3) is 11.8. The topological polar surface area (TPSA) is 101 Å². The van der Waals surface area contributed by atoms with E-state index in [1.54, 1.807) is 0 Å². The summed E-state index contributed by atoms with van der Waals surface area (Å²) in [7, 11) is 0. The van der Waals surface area contributed by atoms with E-state index in [0.717, 1.165) is 72.2 Å². The molecular formula is C37H40N4O4. The van der Waals surface area contributed by atoms with E-state index in [4.69, 9.17) is 9.47 Å². The summed E-state index contributed by atoms with van der Waals surface area (Å²) in [5, 5.41) is 5.50. The lowest BCUT2D eigenvalue weighted by molar-refractivity contribution is 0.159. The molecule has 0 unspecified atom stereocenters. The van der Waals surface area contributed by atoms with Crippen LogP contribution in [0.4, 0.5) is 32.3 Å². The number of unbranched alkanes of at least 4 members (excludes halogenated alkanes) is 2. The highest BCUT2D eigenvalue weighted by molar-refractivity contribution is 5.85. The second-order valence-electron chi connectivity index (χ2n) is 10.6. The van der Waals surface area contributed by atoms with E-state index in [2.05, 4.69) is 40.5 Å². The number of anilines is 2. The van der Waals surface area contributed by atoms with Gasteiger partial charge < -0.3 is 9.47 Å². The lowest BCUT2D eigenvalue weighted by Gasteiger charge is -2.08. The first-order chi connectivity index (χ1) is 22.0. The summed E-state index contributed by atoms with van der Waals surface area (Å²) in [6.07, 6.45) is 4.36. The molecule has 4 aromatic carbocycles. The van der Waals surface area contributed by atoms with E-state index in [9.17, 15) is 9.59 Å². The first-order valence-corrected chi connectivity index (χ1v) is 15.4. The van der Waals surface area contributed by atoms with Gasteiger partial charge in [0, 0.05) is 11.4 Å². The van der Waals surface area contributed by atoms with Crippen LogP contribution >= 0.6 is 0 Å². The Kier molecular flexibility index (Phi) is 12.9. The number of rotatable bonds is 14. The largest absolute Gasteiger partial charge is 0.449 e. The minimum Gasteiger partial charge on any atom is -0.449 e. The zero-order chi connectivity index (χ0) is 31.7. The summed E-state index contributed by atoms with van der Waals surface area (Å²) in [6, 6.07) is 34.2. The van der Waals surface area contributed by atoms with Crippen molar-refractivity contribution in [2.24, 2.45) is 9.98 Å². The zero-order valence-electron chi connectivity index (χ0n) is 25.9.